The van der Waals surface area contributed by atoms with Gasteiger partial charge in [-0.05, 0) is 75.7 Å². The van der Waals surface area contributed by atoms with E-state index in [1.54, 1.807) is 11.6 Å². The van der Waals surface area contributed by atoms with Crippen LogP contribution >= 0.6 is 19.4 Å². The summed E-state index contributed by atoms with van der Waals surface area (Å²) in [7, 11) is 11.3. The normalized spacial score (nSPS) is 23.1. The van der Waals surface area contributed by atoms with Gasteiger partial charge in [0.25, 0.3) is 0 Å². The summed E-state index contributed by atoms with van der Waals surface area (Å²) in [5.41, 5.74) is 18.5. The van der Waals surface area contributed by atoms with E-state index in [2.05, 4.69) is 77.1 Å². The molecule has 6 rings (SSSR count). The Morgan fingerprint density at radius 2 is 1.51 bits per heavy atom. The molecule has 1 heterocycles. The van der Waals surface area contributed by atoms with E-state index in [0.29, 0.717) is 17.6 Å². The molecule has 6 heteroatoms. The van der Waals surface area contributed by atoms with Crippen LogP contribution in [0.3, 0.4) is 0 Å². The van der Waals surface area contributed by atoms with Crippen molar-refractivity contribution < 1.29 is 13.5 Å². The summed E-state index contributed by atoms with van der Waals surface area (Å²) in [6.07, 6.45) is 7.38. The van der Waals surface area contributed by atoms with Crippen LogP contribution in [0, 0.1) is 31.3 Å². The van der Waals surface area contributed by atoms with Gasteiger partial charge in [-0.2, -0.15) is 25.2 Å². The second kappa shape index (κ2) is 17.7. The average Bonchev–Trinajstić information content (AvgIpc) is 3.46. The zero-order valence-electron chi connectivity index (χ0n) is 28.7. The summed E-state index contributed by atoms with van der Waals surface area (Å²) in [5, 5.41) is 0. The second-order valence-electron chi connectivity index (χ2n) is 13.2. The molecule has 0 aromatic heterocycles. The van der Waals surface area contributed by atoms with Crippen LogP contribution in [0.25, 0.3) is 16.9 Å². The summed E-state index contributed by atoms with van der Waals surface area (Å²) in [6, 6.07) is 25.9. The first-order chi connectivity index (χ1) is 22.4. The molecule has 0 bridgehead atoms. The molecule has 3 nitrogen and oxygen atoms in total. The molecular formula is C41H50Cl2N3Ru-3. The third-order valence-electron chi connectivity index (χ3n) is 9.04. The van der Waals surface area contributed by atoms with Crippen LogP contribution in [0.2, 0.25) is 0 Å². The zero-order chi connectivity index (χ0) is 34.1. The molecule has 3 aromatic carbocycles. The van der Waals surface area contributed by atoms with Crippen LogP contribution in [-0.4, -0.2) is 33.5 Å². The van der Waals surface area contributed by atoms with E-state index in [1.807, 2.05) is 77.4 Å². The van der Waals surface area contributed by atoms with Crippen molar-refractivity contribution in [3.63, 3.8) is 0 Å². The van der Waals surface area contributed by atoms with Crippen LogP contribution in [0.4, 0.5) is 5.69 Å². The molecule has 1 N–H and O–H groups in total. The molecule has 0 saturated carbocycles. The average molecular weight is 757 g/mol. The van der Waals surface area contributed by atoms with Gasteiger partial charge in [0.15, 0.2) is 0 Å². The van der Waals surface area contributed by atoms with Crippen molar-refractivity contribution in [1.29, 1.82) is 0 Å². The van der Waals surface area contributed by atoms with Crippen molar-refractivity contribution in [2.45, 2.75) is 60.4 Å². The fourth-order valence-corrected chi connectivity index (χ4v) is 9.20. The van der Waals surface area contributed by atoms with Crippen LogP contribution in [0.15, 0.2) is 113 Å². The minimum absolute atomic E-state index is 0.545. The fraction of sp³-hybridized carbons (Fsp3) is 0.341. The molecule has 1 saturated heterocycles. The maximum absolute atomic E-state index is 7.78. The van der Waals surface area contributed by atoms with Crippen molar-refractivity contribution in [3.05, 3.63) is 144 Å². The molecule has 0 amide bonds. The number of hydrogen-bond donors (Lipinski definition) is 0. The van der Waals surface area contributed by atoms with Gasteiger partial charge in [-0.25, -0.2) is 0 Å². The van der Waals surface area contributed by atoms with Crippen LogP contribution in [-0.2, 0) is 13.5 Å². The van der Waals surface area contributed by atoms with Gasteiger partial charge in [-0.15, -0.1) is 23.4 Å². The Labute approximate surface area is 297 Å². The van der Waals surface area contributed by atoms with Crippen molar-refractivity contribution in [3.8, 4) is 11.1 Å². The molecule has 1 fully saturated rings. The summed E-state index contributed by atoms with van der Waals surface area (Å²) < 4.78 is 1.92. The predicted octanol–water partition coefficient (Wildman–Crippen LogP) is 12.0. The first-order valence-corrected chi connectivity index (χ1v) is 22.0. The number of rotatable bonds is 4. The number of allylic oxidation sites excluding steroid dienone is 5. The van der Waals surface area contributed by atoms with Crippen LogP contribution in [0.1, 0.15) is 65.5 Å². The van der Waals surface area contributed by atoms with Crippen molar-refractivity contribution in [2.24, 2.45) is 17.8 Å². The number of nitrogens with one attached hydrogen (secondary N) is 1. The fourth-order valence-electron chi connectivity index (χ4n) is 7.37. The van der Waals surface area contributed by atoms with Crippen molar-refractivity contribution >= 4 is 29.7 Å². The maximum atomic E-state index is 7.78. The molecule has 0 radical (unpaired) electrons. The number of benzene rings is 3. The van der Waals surface area contributed by atoms with Crippen molar-refractivity contribution in [1.82, 2.24) is 9.80 Å². The molecule has 3 aromatic rings. The Morgan fingerprint density at radius 1 is 0.872 bits per heavy atom. The van der Waals surface area contributed by atoms with E-state index in [1.165, 1.54) is 29.7 Å². The molecular weight excluding hydrogens is 706 g/mol. The third kappa shape index (κ3) is 10.4. The first-order valence-electron chi connectivity index (χ1n) is 16.5. The number of halogens is 2. The van der Waals surface area contributed by atoms with E-state index in [-0.39, 0.29) is 0 Å². The number of nitrogens with zero attached hydrogens (tertiary/aromatic N) is 2. The monoisotopic (exact) mass is 756 g/mol. The molecule has 1 unspecified atom stereocenters. The summed E-state index contributed by atoms with van der Waals surface area (Å²) >= 11 is -1.61. The van der Waals surface area contributed by atoms with Gasteiger partial charge in [0.1, 0.15) is 0 Å². The van der Waals surface area contributed by atoms with Crippen LogP contribution < -0.4 is 0 Å². The number of hydrogen-bond acceptors (Lipinski definition) is 2. The van der Waals surface area contributed by atoms with Gasteiger partial charge < -0.3 is 15.5 Å². The van der Waals surface area contributed by atoms with Gasteiger partial charge in [-0.3, -0.25) is 0 Å². The first kappa shape index (κ1) is 37.2. The predicted molar refractivity (Wildman–Crippen MR) is 202 cm³/mol. The Bertz CT molecular complexity index is 1560. The van der Waals surface area contributed by atoms with Gasteiger partial charge in [0.2, 0.25) is 0 Å². The molecule has 3 aliphatic rings. The Balaban J connectivity index is 0.000000177. The second-order valence-corrected chi connectivity index (χ2v) is 18.9. The zero-order valence-corrected chi connectivity index (χ0v) is 31.9. The van der Waals surface area contributed by atoms with Gasteiger partial charge in [0, 0.05) is 6.04 Å². The minimum atomic E-state index is -1.61. The molecule has 4 atom stereocenters. The SMILES string of the molecule is CC1=CC(C)=C(N2[CH-]N([C@H]3C(C)=CC(C)C[C@H]3C)CC2)[C@@H](C)C1.[CH2-]c1ccccc1-c1ccccc1[NH-].[Cl][Ru]([Cl])=[CH]c1ccccc1. The Kier molecular flexibility index (Phi) is 14.0. The van der Waals surface area contributed by atoms with E-state index >= 15 is 0 Å². The quantitative estimate of drug-likeness (QED) is 0.151. The van der Waals surface area contributed by atoms with E-state index in [9.17, 15) is 0 Å². The summed E-state index contributed by atoms with van der Waals surface area (Å²) in [4.78, 5) is 5.13. The molecule has 1 aliphatic heterocycles. The van der Waals surface area contributed by atoms with Crippen LogP contribution in [0.5, 0.6) is 0 Å². The Hall–Kier alpha value is -2.62. The molecule has 0 spiro atoms. The standard InChI is InChI=1S/C21H33N2.C13H11N.C7H6.2ClH.Ru/c1-14-9-16(3)20(17(4)10-14)22-7-8-23(13-22)21-18(5)11-15(2)12-19(21)6;1-10-6-2-3-7-11(10)12-8-4-5-9-13(12)14;1-7-5-3-2-4-6-7;;;/h9,11,13-14,17,19-20H,7-8,10,12H2,1-6H3;2-9,14H,1H2;1-6H;2*1H;/q-1;-2;;;;+2/p-2/t14?,17-,19+,20+;;;;;/m1...../s1. The summed E-state index contributed by atoms with van der Waals surface area (Å²) in [5.74, 6) is 2.11. The van der Waals surface area contributed by atoms with E-state index in [0.717, 1.165) is 47.2 Å². The van der Waals surface area contributed by atoms with E-state index < -0.39 is 13.5 Å². The molecule has 254 valence electrons. The van der Waals surface area contributed by atoms with Crippen molar-refractivity contribution in [2.75, 3.05) is 13.1 Å². The van der Waals surface area contributed by atoms with Gasteiger partial charge in [0.05, 0.1) is 0 Å². The molecule has 2 aliphatic carbocycles. The third-order valence-corrected chi connectivity index (χ3v) is 10.9. The molecule has 47 heavy (non-hydrogen) atoms. The van der Waals surface area contributed by atoms with Gasteiger partial charge >= 0.3 is 73.4 Å². The Morgan fingerprint density at radius 3 is 2.13 bits per heavy atom. The van der Waals surface area contributed by atoms with E-state index in [4.69, 9.17) is 25.1 Å². The topological polar surface area (TPSA) is 30.3 Å². The summed E-state index contributed by atoms with van der Waals surface area (Å²) in [6.45, 7) is 22.7. The van der Waals surface area contributed by atoms with Gasteiger partial charge in [-0.1, -0.05) is 80.0 Å².